The Bertz CT molecular complexity index is 326. The van der Waals surface area contributed by atoms with Gasteiger partial charge >= 0.3 is 6.36 Å². The average Bonchev–Trinajstić information content (AvgIpc) is 2.06. The molecule has 0 spiro atoms. The van der Waals surface area contributed by atoms with E-state index in [9.17, 15) is 17.6 Å². The normalized spacial score (nSPS) is 11.5. The number of rotatable bonds is 2. The highest BCUT2D eigenvalue weighted by atomic mass is 19.4. The summed E-state index contributed by atoms with van der Waals surface area (Å²) >= 11 is 0. The third kappa shape index (κ3) is 2.84. The van der Waals surface area contributed by atoms with E-state index in [1.807, 2.05) is 0 Å². The van der Waals surface area contributed by atoms with Crippen LogP contribution in [0.25, 0.3) is 0 Å². The van der Waals surface area contributed by atoms with Crippen LogP contribution >= 0.6 is 0 Å². The maximum Gasteiger partial charge on any atom is 0.573 e. The minimum Gasteiger partial charge on any atom is -0.404 e. The molecule has 0 aliphatic heterocycles. The van der Waals surface area contributed by atoms with Crippen LogP contribution in [0.15, 0.2) is 12.3 Å². The van der Waals surface area contributed by atoms with Crippen molar-refractivity contribution in [1.29, 1.82) is 0 Å². The lowest BCUT2D eigenvalue weighted by Gasteiger charge is -2.09. The van der Waals surface area contributed by atoms with Crippen molar-refractivity contribution >= 4 is 0 Å². The van der Waals surface area contributed by atoms with Gasteiger partial charge in [-0.25, -0.2) is 4.98 Å². The fourth-order valence-corrected chi connectivity index (χ4v) is 0.804. The van der Waals surface area contributed by atoms with E-state index in [0.717, 1.165) is 6.07 Å². The van der Waals surface area contributed by atoms with Crippen LogP contribution in [0.4, 0.5) is 17.6 Å². The third-order valence-corrected chi connectivity index (χ3v) is 1.34. The number of alkyl halides is 3. The Morgan fingerprint density at radius 2 is 2.07 bits per heavy atom. The summed E-state index contributed by atoms with van der Waals surface area (Å²) in [6, 6.07) is 0.857. The highest BCUT2D eigenvalue weighted by Gasteiger charge is 2.31. The summed E-state index contributed by atoms with van der Waals surface area (Å²) in [6.07, 6.45) is -4.17. The predicted molar refractivity (Wildman–Crippen MR) is 38.8 cm³/mol. The maximum absolute atomic E-state index is 12.7. The molecule has 0 amide bonds. The van der Waals surface area contributed by atoms with Gasteiger partial charge in [-0.05, 0) is 6.07 Å². The summed E-state index contributed by atoms with van der Waals surface area (Å²) in [5.74, 6) is -1.48. The largest absolute Gasteiger partial charge is 0.573 e. The summed E-state index contributed by atoms with van der Waals surface area (Å²) < 4.78 is 51.3. The minimum absolute atomic E-state index is 0.133. The van der Waals surface area contributed by atoms with Crippen molar-refractivity contribution in [2.45, 2.75) is 12.9 Å². The van der Waals surface area contributed by atoms with Gasteiger partial charge in [0, 0.05) is 12.1 Å². The fraction of sp³-hybridized carbons (Fsp3) is 0.286. The van der Waals surface area contributed by atoms with Crippen molar-refractivity contribution in [3.8, 4) is 5.75 Å². The molecule has 2 N–H and O–H groups in total. The Kier molecular flexibility index (Phi) is 2.90. The summed E-state index contributed by atoms with van der Waals surface area (Å²) in [5.41, 5.74) is 4.93. The Morgan fingerprint density at radius 1 is 1.43 bits per heavy atom. The van der Waals surface area contributed by atoms with Crippen molar-refractivity contribution in [1.82, 2.24) is 4.98 Å². The fourth-order valence-electron chi connectivity index (χ4n) is 0.804. The molecule has 0 unspecified atom stereocenters. The summed E-state index contributed by atoms with van der Waals surface area (Å²) in [4.78, 5) is 3.06. The van der Waals surface area contributed by atoms with E-state index in [0.29, 0.717) is 6.20 Å². The van der Waals surface area contributed by atoms with Crippen molar-refractivity contribution in [3.05, 3.63) is 23.8 Å². The molecule has 0 aliphatic carbocycles. The third-order valence-electron chi connectivity index (χ3n) is 1.34. The highest BCUT2D eigenvalue weighted by molar-refractivity contribution is 5.24. The molecule has 3 nitrogen and oxygen atoms in total. The lowest BCUT2D eigenvalue weighted by atomic mass is 10.3. The van der Waals surface area contributed by atoms with E-state index in [4.69, 9.17) is 5.73 Å². The molecule has 7 heteroatoms. The first-order chi connectivity index (χ1) is 6.42. The van der Waals surface area contributed by atoms with Gasteiger partial charge in [-0.1, -0.05) is 0 Å². The molecule has 0 fully saturated rings. The van der Waals surface area contributed by atoms with Crippen LogP contribution in [0.2, 0.25) is 0 Å². The van der Waals surface area contributed by atoms with Gasteiger partial charge in [0.1, 0.15) is 5.75 Å². The number of pyridine rings is 1. The molecular formula is C7H6F4N2O. The molecule has 78 valence electrons. The van der Waals surface area contributed by atoms with Crippen LogP contribution in [0.1, 0.15) is 5.56 Å². The van der Waals surface area contributed by atoms with Gasteiger partial charge in [-0.3, -0.25) is 0 Å². The average molecular weight is 210 g/mol. The van der Waals surface area contributed by atoms with E-state index in [-0.39, 0.29) is 12.1 Å². The second kappa shape index (κ2) is 3.79. The van der Waals surface area contributed by atoms with E-state index < -0.39 is 18.1 Å². The second-order valence-corrected chi connectivity index (χ2v) is 2.37. The van der Waals surface area contributed by atoms with Crippen LogP contribution in [0.3, 0.4) is 0 Å². The first-order valence-corrected chi connectivity index (χ1v) is 3.52. The molecule has 1 aromatic heterocycles. The van der Waals surface area contributed by atoms with Gasteiger partial charge in [0.25, 0.3) is 0 Å². The van der Waals surface area contributed by atoms with Gasteiger partial charge < -0.3 is 10.5 Å². The number of ether oxygens (including phenoxy) is 1. The topological polar surface area (TPSA) is 48.1 Å². The highest BCUT2D eigenvalue weighted by Crippen LogP contribution is 2.23. The summed E-state index contributed by atoms with van der Waals surface area (Å²) in [6.45, 7) is -0.242. The molecule has 0 bridgehead atoms. The van der Waals surface area contributed by atoms with Crippen LogP contribution in [0.5, 0.6) is 5.75 Å². The van der Waals surface area contributed by atoms with Crippen LogP contribution in [-0.2, 0) is 6.54 Å². The SMILES string of the molecule is NCc1cc(OC(F)(F)F)cnc1F. The Hall–Kier alpha value is -1.37. The molecule has 0 atom stereocenters. The zero-order valence-electron chi connectivity index (χ0n) is 6.81. The molecule has 0 aliphatic rings. The Morgan fingerprint density at radius 3 is 2.57 bits per heavy atom. The monoisotopic (exact) mass is 210 g/mol. The zero-order valence-corrected chi connectivity index (χ0v) is 6.81. The molecule has 0 radical (unpaired) electrons. The van der Waals surface area contributed by atoms with E-state index >= 15 is 0 Å². The van der Waals surface area contributed by atoms with Crippen molar-refractivity contribution in [2.24, 2.45) is 5.73 Å². The maximum atomic E-state index is 12.7. The standard InChI is InChI=1S/C7H6F4N2O/c8-6-4(2-12)1-5(3-13-6)14-7(9,10)11/h1,3H,2,12H2. The quantitative estimate of drug-likeness (QED) is 0.595. The lowest BCUT2D eigenvalue weighted by Crippen LogP contribution is -2.17. The molecular weight excluding hydrogens is 204 g/mol. The molecule has 14 heavy (non-hydrogen) atoms. The zero-order chi connectivity index (χ0) is 10.8. The van der Waals surface area contributed by atoms with Gasteiger partial charge in [0.15, 0.2) is 0 Å². The van der Waals surface area contributed by atoms with Crippen LogP contribution in [-0.4, -0.2) is 11.3 Å². The predicted octanol–water partition coefficient (Wildman–Crippen LogP) is 1.58. The molecule has 0 saturated carbocycles. The van der Waals surface area contributed by atoms with Gasteiger partial charge in [-0.2, -0.15) is 4.39 Å². The van der Waals surface area contributed by atoms with E-state index in [1.54, 1.807) is 0 Å². The number of nitrogens with zero attached hydrogens (tertiary/aromatic N) is 1. The molecule has 1 rings (SSSR count). The van der Waals surface area contributed by atoms with Crippen molar-refractivity contribution < 1.29 is 22.3 Å². The lowest BCUT2D eigenvalue weighted by molar-refractivity contribution is -0.274. The first-order valence-electron chi connectivity index (χ1n) is 3.52. The van der Waals surface area contributed by atoms with Crippen molar-refractivity contribution in [2.75, 3.05) is 0 Å². The van der Waals surface area contributed by atoms with E-state index in [2.05, 4.69) is 9.72 Å². The Balaban J connectivity index is 2.90. The van der Waals surface area contributed by atoms with E-state index in [1.165, 1.54) is 0 Å². The number of nitrogens with two attached hydrogens (primary N) is 1. The number of hydrogen-bond donors (Lipinski definition) is 1. The molecule has 0 aromatic carbocycles. The van der Waals surface area contributed by atoms with Crippen molar-refractivity contribution in [3.63, 3.8) is 0 Å². The number of aromatic nitrogens is 1. The summed E-state index contributed by atoms with van der Waals surface area (Å²) in [7, 11) is 0. The van der Waals surface area contributed by atoms with Crippen LogP contribution < -0.4 is 10.5 Å². The number of hydrogen-bond acceptors (Lipinski definition) is 3. The number of halogens is 4. The van der Waals surface area contributed by atoms with Crippen LogP contribution in [0, 0.1) is 5.95 Å². The summed E-state index contributed by atoms with van der Waals surface area (Å²) in [5, 5.41) is 0. The first kappa shape index (κ1) is 10.7. The molecule has 0 saturated heterocycles. The molecule has 1 aromatic rings. The minimum atomic E-state index is -4.81. The van der Waals surface area contributed by atoms with Gasteiger partial charge in [-0.15, -0.1) is 13.2 Å². The van der Waals surface area contributed by atoms with Gasteiger partial charge in [0.2, 0.25) is 5.95 Å². The van der Waals surface area contributed by atoms with Gasteiger partial charge in [0.05, 0.1) is 6.20 Å². The second-order valence-electron chi connectivity index (χ2n) is 2.37. The smallest absolute Gasteiger partial charge is 0.404 e. The molecule has 1 heterocycles. The Labute approximate surface area is 76.5 Å².